The van der Waals surface area contributed by atoms with Crippen molar-refractivity contribution in [3.63, 3.8) is 0 Å². The smallest absolute Gasteiger partial charge is 0.303 e. The fourth-order valence-corrected chi connectivity index (χ4v) is 1.90. The monoisotopic (exact) mass is 236 g/mol. The summed E-state index contributed by atoms with van der Waals surface area (Å²) in [6, 6.07) is 1.85. The maximum Gasteiger partial charge on any atom is 0.303 e. The second kappa shape index (κ2) is 4.99. The molecule has 1 aliphatic rings. The van der Waals surface area contributed by atoms with Gasteiger partial charge in [-0.05, 0) is 13.0 Å². The number of nitrogens with zero attached hydrogens (tertiary/aromatic N) is 3. The van der Waals surface area contributed by atoms with E-state index in [0.717, 1.165) is 25.5 Å². The highest BCUT2D eigenvalue weighted by atomic mass is 16.4. The van der Waals surface area contributed by atoms with Crippen LogP contribution in [0.4, 0.5) is 11.8 Å². The predicted octanol–water partition coefficient (Wildman–Crippen LogP) is 0.819. The molecule has 0 spiro atoms. The summed E-state index contributed by atoms with van der Waals surface area (Å²) in [5.41, 5.74) is 0. The van der Waals surface area contributed by atoms with Crippen molar-refractivity contribution in [2.24, 2.45) is 5.92 Å². The lowest BCUT2D eigenvalue weighted by atomic mass is 9.96. The van der Waals surface area contributed by atoms with E-state index in [1.165, 1.54) is 0 Å². The van der Waals surface area contributed by atoms with Crippen LogP contribution >= 0.6 is 0 Å². The van der Waals surface area contributed by atoms with E-state index in [-0.39, 0.29) is 12.3 Å². The van der Waals surface area contributed by atoms with Gasteiger partial charge in [0.25, 0.3) is 0 Å². The Kier molecular flexibility index (Phi) is 3.41. The van der Waals surface area contributed by atoms with E-state index in [1.807, 2.05) is 13.0 Å². The van der Waals surface area contributed by atoms with Crippen molar-refractivity contribution in [1.82, 2.24) is 9.97 Å². The third-order valence-corrected chi connectivity index (χ3v) is 2.72. The summed E-state index contributed by atoms with van der Waals surface area (Å²) in [5.74, 6) is 0.986. The number of nitrogens with one attached hydrogen (secondary N) is 1. The summed E-state index contributed by atoms with van der Waals surface area (Å²) < 4.78 is 0. The Morgan fingerprint density at radius 1 is 1.65 bits per heavy atom. The first-order valence-corrected chi connectivity index (χ1v) is 5.72. The molecule has 0 radical (unpaired) electrons. The van der Waals surface area contributed by atoms with Crippen LogP contribution in [0.2, 0.25) is 0 Å². The van der Waals surface area contributed by atoms with Crippen LogP contribution in [0.5, 0.6) is 0 Å². The van der Waals surface area contributed by atoms with Crippen LogP contribution in [-0.2, 0) is 4.79 Å². The fourth-order valence-electron chi connectivity index (χ4n) is 1.90. The summed E-state index contributed by atoms with van der Waals surface area (Å²) in [4.78, 5) is 21.0. The molecule has 2 N–H and O–H groups in total. The van der Waals surface area contributed by atoms with E-state index in [0.29, 0.717) is 5.95 Å². The second-order valence-electron chi connectivity index (χ2n) is 4.14. The fraction of sp³-hybridized carbons (Fsp3) is 0.545. The first-order chi connectivity index (χ1) is 8.19. The second-order valence-corrected chi connectivity index (χ2v) is 4.14. The Bertz CT molecular complexity index is 404. The summed E-state index contributed by atoms with van der Waals surface area (Å²) >= 11 is 0. The highest BCUT2D eigenvalue weighted by molar-refractivity contribution is 5.67. The Morgan fingerprint density at radius 3 is 3.06 bits per heavy atom. The molecule has 6 nitrogen and oxygen atoms in total. The number of carboxylic acid groups (broad SMARTS) is 1. The molecule has 0 bridgehead atoms. The summed E-state index contributed by atoms with van der Waals surface area (Å²) in [5, 5.41) is 11.7. The zero-order chi connectivity index (χ0) is 12.3. The van der Waals surface area contributed by atoms with Crippen molar-refractivity contribution < 1.29 is 9.90 Å². The highest BCUT2D eigenvalue weighted by Crippen LogP contribution is 2.25. The minimum atomic E-state index is -0.731. The van der Waals surface area contributed by atoms with Gasteiger partial charge in [-0.15, -0.1) is 0 Å². The Balaban J connectivity index is 1.92. The molecule has 2 heterocycles. The standard InChI is InChI=1S/C11H16N4O2/c1-2-12-11-13-4-3-9(14-11)15-6-8(7-15)5-10(16)17/h3-4,8H,2,5-7H2,1H3,(H,16,17)(H,12,13,14). The molecule has 6 heteroatoms. The van der Waals surface area contributed by atoms with Gasteiger partial charge in [0.15, 0.2) is 0 Å². The van der Waals surface area contributed by atoms with Crippen LogP contribution in [0.25, 0.3) is 0 Å². The molecule has 1 saturated heterocycles. The van der Waals surface area contributed by atoms with Crippen LogP contribution in [0.1, 0.15) is 13.3 Å². The number of aliphatic carboxylic acids is 1. The number of aromatic nitrogens is 2. The Morgan fingerprint density at radius 2 is 2.41 bits per heavy atom. The molecule has 1 aliphatic heterocycles. The van der Waals surface area contributed by atoms with Crippen LogP contribution in [0.15, 0.2) is 12.3 Å². The number of hydrogen-bond acceptors (Lipinski definition) is 5. The van der Waals surface area contributed by atoms with Crippen LogP contribution in [0, 0.1) is 5.92 Å². The number of rotatable bonds is 5. The van der Waals surface area contributed by atoms with E-state index in [9.17, 15) is 4.79 Å². The first kappa shape index (κ1) is 11.6. The van der Waals surface area contributed by atoms with Gasteiger partial charge in [-0.2, -0.15) is 4.98 Å². The lowest BCUT2D eigenvalue weighted by molar-refractivity contribution is -0.138. The van der Waals surface area contributed by atoms with Gasteiger partial charge < -0.3 is 15.3 Å². The highest BCUT2D eigenvalue weighted by Gasteiger charge is 2.29. The zero-order valence-corrected chi connectivity index (χ0v) is 9.76. The third-order valence-electron chi connectivity index (χ3n) is 2.72. The minimum Gasteiger partial charge on any atom is -0.481 e. The lowest BCUT2D eigenvalue weighted by Gasteiger charge is -2.39. The molecule has 0 saturated carbocycles. The molecule has 0 aliphatic carbocycles. The van der Waals surface area contributed by atoms with Crippen molar-refractivity contribution in [1.29, 1.82) is 0 Å². The summed E-state index contributed by atoms with van der Waals surface area (Å²) in [7, 11) is 0. The van der Waals surface area contributed by atoms with Crippen LogP contribution in [-0.4, -0.2) is 40.7 Å². The first-order valence-electron chi connectivity index (χ1n) is 5.72. The van der Waals surface area contributed by atoms with Crippen LogP contribution in [0.3, 0.4) is 0 Å². The van der Waals surface area contributed by atoms with Crippen molar-refractivity contribution >= 4 is 17.7 Å². The van der Waals surface area contributed by atoms with Crippen LogP contribution < -0.4 is 10.2 Å². The molecule has 92 valence electrons. The largest absolute Gasteiger partial charge is 0.481 e. The maximum atomic E-state index is 10.5. The van der Waals surface area contributed by atoms with E-state index in [1.54, 1.807) is 6.20 Å². The molecule has 1 aromatic heterocycles. The average Bonchev–Trinajstić information content (AvgIpc) is 2.23. The number of anilines is 2. The zero-order valence-electron chi connectivity index (χ0n) is 9.76. The van der Waals surface area contributed by atoms with Gasteiger partial charge in [0.2, 0.25) is 5.95 Å². The SMILES string of the molecule is CCNc1nccc(N2CC(CC(=O)O)C2)n1. The van der Waals surface area contributed by atoms with Gasteiger partial charge in [-0.25, -0.2) is 4.98 Å². The quantitative estimate of drug-likeness (QED) is 0.788. The molecule has 0 aromatic carbocycles. The topological polar surface area (TPSA) is 78.4 Å². The molecular formula is C11H16N4O2. The Hall–Kier alpha value is -1.85. The molecule has 2 rings (SSSR count). The number of carbonyl (C=O) groups is 1. The van der Waals surface area contributed by atoms with E-state index in [4.69, 9.17) is 5.11 Å². The van der Waals surface area contributed by atoms with Gasteiger partial charge in [-0.1, -0.05) is 0 Å². The maximum absolute atomic E-state index is 10.5. The van der Waals surface area contributed by atoms with Crippen molar-refractivity contribution in [3.8, 4) is 0 Å². The number of carboxylic acids is 1. The van der Waals surface area contributed by atoms with E-state index in [2.05, 4.69) is 20.2 Å². The van der Waals surface area contributed by atoms with Crippen molar-refractivity contribution in [3.05, 3.63) is 12.3 Å². The average molecular weight is 236 g/mol. The lowest BCUT2D eigenvalue weighted by Crippen LogP contribution is -2.48. The summed E-state index contributed by atoms with van der Waals surface area (Å²) in [6.07, 6.45) is 1.95. The molecule has 1 fully saturated rings. The van der Waals surface area contributed by atoms with Gasteiger partial charge in [0.05, 0.1) is 6.42 Å². The third kappa shape index (κ3) is 2.83. The predicted molar refractivity (Wildman–Crippen MR) is 64.2 cm³/mol. The molecule has 1 aromatic rings. The van der Waals surface area contributed by atoms with Gasteiger partial charge >= 0.3 is 5.97 Å². The van der Waals surface area contributed by atoms with Gasteiger partial charge in [0, 0.05) is 31.7 Å². The molecule has 0 amide bonds. The van der Waals surface area contributed by atoms with E-state index < -0.39 is 5.97 Å². The van der Waals surface area contributed by atoms with Crippen molar-refractivity contribution in [2.45, 2.75) is 13.3 Å². The normalized spacial score (nSPS) is 15.5. The molecule has 0 atom stereocenters. The van der Waals surface area contributed by atoms with Gasteiger partial charge in [0.1, 0.15) is 5.82 Å². The van der Waals surface area contributed by atoms with E-state index >= 15 is 0 Å². The minimum absolute atomic E-state index is 0.238. The Labute approximate surface area is 99.7 Å². The van der Waals surface area contributed by atoms with Crippen molar-refractivity contribution in [2.75, 3.05) is 29.9 Å². The summed E-state index contributed by atoms with van der Waals surface area (Å²) in [6.45, 7) is 4.29. The van der Waals surface area contributed by atoms with Gasteiger partial charge in [-0.3, -0.25) is 4.79 Å². The molecule has 0 unspecified atom stereocenters. The molecule has 17 heavy (non-hydrogen) atoms. The number of hydrogen-bond donors (Lipinski definition) is 2. The molecular weight excluding hydrogens is 220 g/mol.